The van der Waals surface area contributed by atoms with Crippen molar-refractivity contribution in [2.75, 3.05) is 26.7 Å². The fourth-order valence-electron chi connectivity index (χ4n) is 2.18. The largest absolute Gasteiger partial charge is 0.491 e. The minimum atomic E-state index is -0.520. The van der Waals surface area contributed by atoms with Crippen molar-refractivity contribution in [2.24, 2.45) is 0 Å². The van der Waals surface area contributed by atoms with Crippen molar-refractivity contribution in [3.63, 3.8) is 0 Å². The number of carbonyl (C=O) groups is 1. The van der Waals surface area contributed by atoms with Crippen molar-refractivity contribution in [3.05, 3.63) is 29.8 Å². The highest BCUT2D eigenvalue weighted by atomic mass is 16.5. The molecule has 0 bridgehead atoms. The van der Waals surface area contributed by atoms with Gasteiger partial charge in [-0.05, 0) is 51.9 Å². The third-order valence-corrected chi connectivity index (χ3v) is 3.42. The lowest BCUT2D eigenvalue weighted by molar-refractivity contribution is -0.143. The predicted octanol–water partition coefficient (Wildman–Crippen LogP) is 2.78. The number of carbonyl (C=O) groups excluding carboxylic acids is 1. The van der Waals surface area contributed by atoms with Gasteiger partial charge in [-0.2, -0.15) is 0 Å². The van der Waals surface area contributed by atoms with Gasteiger partial charge >= 0.3 is 5.97 Å². The molecule has 1 unspecified atom stereocenters. The van der Waals surface area contributed by atoms with Crippen LogP contribution in [0, 0.1) is 0 Å². The van der Waals surface area contributed by atoms with Gasteiger partial charge in [0.1, 0.15) is 5.75 Å². The van der Waals surface area contributed by atoms with Crippen LogP contribution in [0.5, 0.6) is 5.75 Å². The summed E-state index contributed by atoms with van der Waals surface area (Å²) in [6.07, 6.45) is 0.609. The second-order valence-electron chi connectivity index (χ2n) is 5.90. The van der Waals surface area contributed by atoms with Crippen molar-refractivity contribution < 1.29 is 19.4 Å². The molecule has 1 rings (SSSR count). The Balaban J connectivity index is 2.35. The van der Waals surface area contributed by atoms with Crippen molar-refractivity contribution in [1.82, 2.24) is 4.90 Å². The molecule has 5 nitrogen and oxygen atoms in total. The normalized spacial score (nSPS) is 12.5. The lowest BCUT2D eigenvalue weighted by Crippen LogP contribution is -2.25. The third-order valence-electron chi connectivity index (χ3n) is 3.42. The van der Waals surface area contributed by atoms with Crippen molar-refractivity contribution in [3.8, 4) is 5.75 Å². The number of aliphatic hydroxyl groups is 1. The molecule has 1 aromatic rings. The van der Waals surface area contributed by atoms with E-state index in [1.165, 1.54) is 0 Å². The second kappa shape index (κ2) is 10.2. The van der Waals surface area contributed by atoms with Gasteiger partial charge in [0.05, 0.1) is 25.2 Å². The zero-order valence-electron chi connectivity index (χ0n) is 14.6. The van der Waals surface area contributed by atoms with Crippen molar-refractivity contribution in [1.29, 1.82) is 0 Å². The van der Waals surface area contributed by atoms with E-state index in [9.17, 15) is 9.90 Å². The van der Waals surface area contributed by atoms with E-state index in [1.54, 1.807) is 6.92 Å². The Bertz CT molecular complexity index is 459. The average Bonchev–Trinajstić information content (AvgIpc) is 2.51. The van der Waals surface area contributed by atoms with Crippen LogP contribution in [0.1, 0.15) is 45.3 Å². The first kappa shape index (κ1) is 19.5. The van der Waals surface area contributed by atoms with E-state index in [0.717, 1.165) is 11.3 Å². The molecule has 0 spiro atoms. The van der Waals surface area contributed by atoms with Crippen LogP contribution < -0.4 is 4.74 Å². The SMILES string of the molecule is CCOC(=O)CCN(C)CCC(O)c1ccc(OC(C)C)cc1. The molecule has 0 aromatic heterocycles. The first-order valence-corrected chi connectivity index (χ1v) is 8.21. The first-order valence-electron chi connectivity index (χ1n) is 8.21. The summed E-state index contributed by atoms with van der Waals surface area (Å²) >= 11 is 0. The molecule has 0 saturated carbocycles. The first-order chi connectivity index (χ1) is 10.9. The van der Waals surface area contributed by atoms with E-state index in [4.69, 9.17) is 9.47 Å². The molecular formula is C18H29NO4. The van der Waals surface area contributed by atoms with Crippen LogP contribution in [0.15, 0.2) is 24.3 Å². The highest BCUT2D eigenvalue weighted by Crippen LogP contribution is 2.21. The van der Waals surface area contributed by atoms with E-state index in [1.807, 2.05) is 50.1 Å². The predicted molar refractivity (Wildman–Crippen MR) is 90.5 cm³/mol. The highest BCUT2D eigenvalue weighted by Gasteiger charge is 2.11. The maximum atomic E-state index is 11.3. The van der Waals surface area contributed by atoms with Gasteiger partial charge in [-0.3, -0.25) is 4.79 Å². The maximum absolute atomic E-state index is 11.3. The summed E-state index contributed by atoms with van der Waals surface area (Å²) in [5.41, 5.74) is 0.875. The molecule has 0 aliphatic carbocycles. The number of hydrogen-bond acceptors (Lipinski definition) is 5. The fourth-order valence-corrected chi connectivity index (χ4v) is 2.18. The quantitative estimate of drug-likeness (QED) is 0.671. The van der Waals surface area contributed by atoms with Gasteiger partial charge < -0.3 is 19.5 Å². The summed E-state index contributed by atoms with van der Waals surface area (Å²) in [6.45, 7) is 7.52. The zero-order chi connectivity index (χ0) is 17.2. The molecule has 0 aliphatic heterocycles. The minimum Gasteiger partial charge on any atom is -0.491 e. The van der Waals surface area contributed by atoms with Crippen LogP contribution in [0.2, 0.25) is 0 Å². The Morgan fingerprint density at radius 1 is 1.22 bits per heavy atom. The Kier molecular flexibility index (Phi) is 8.66. The summed E-state index contributed by atoms with van der Waals surface area (Å²) in [6, 6.07) is 7.54. The number of hydrogen-bond donors (Lipinski definition) is 1. The smallest absolute Gasteiger partial charge is 0.307 e. The lowest BCUT2D eigenvalue weighted by Gasteiger charge is -2.19. The summed E-state index contributed by atoms with van der Waals surface area (Å²) in [7, 11) is 1.94. The van der Waals surface area contributed by atoms with Gasteiger partial charge in [0, 0.05) is 13.1 Å². The Morgan fingerprint density at radius 2 is 1.87 bits per heavy atom. The molecule has 0 aliphatic rings. The number of benzene rings is 1. The van der Waals surface area contributed by atoms with Gasteiger partial charge in [-0.15, -0.1) is 0 Å². The monoisotopic (exact) mass is 323 g/mol. The van der Waals surface area contributed by atoms with Crippen molar-refractivity contribution >= 4 is 5.97 Å². The number of esters is 1. The highest BCUT2D eigenvalue weighted by molar-refractivity contribution is 5.69. The van der Waals surface area contributed by atoms with Gasteiger partial charge in [-0.1, -0.05) is 12.1 Å². The van der Waals surface area contributed by atoms with Crippen LogP contribution in [0.25, 0.3) is 0 Å². The molecule has 1 aromatic carbocycles. The van der Waals surface area contributed by atoms with E-state index < -0.39 is 6.10 Å². The van der Waals surface area contributed by atoms with Crippen LogP contribution in [-0.4, -0.2) is 48.8 Å². The summed E-state index contributed by atoms with van der Waals surface area (Å²) in [5.74, 6) is 0.628. The van der Waals surface area contributed by atoms with Gasteiger partial charge in [0.15, 0.2) is 0 Å². The zero-order valence-corrected chi connectivity index (χ0v) is 14.6. The Morgan fingerprint density at radius 3 is 2.43 bits per heavy atom. The van der Waals surface area contributed by atoms with Gasteiger partial charge in [0.2, 0.25) is 0 Å². The molecule has 0 amide bonds. The molecule has 0 radical (unpaired) electrons. The molecule has 130 valence electrons. The number of ether oxygens (including phenoxy) is 2. The summed E-state index contributed by atoms with van der Waals surface area (Å²) < 4.78 is 10.5. The number of rotatable bonds is 10. The molecule has 1 atom stereocenters. The molecule has 1 N–H and O–H groups in total. The van der Waals surface area contributed by atoms with Crippen LogP contribution >= 0.6 is 0 Å². The van der Waals surface area contributed by atoms with Crippen molar-refractivity contribution in [2.45, 2.75) is 45.8 Å². The van der Waals surface area contributed by atoms with Crippen LogP contribution in [0.4, 0.5) is 0 Å². The van der Waals surface area contributed by atoms with Crippen LogP contribution in [0.3, 0.4) is 0 Å². The molecular weight excluding hydrogens is 294 g/mol. The van der Waals surface area contributed by atoms with E-state index in [-0.39, 0.29) is 12.1 Å². The standard InChI is InChI=1S/C18H29NO4/c1-5-22-18(21)11-13-19(4)12-10-17(20)15-6-8-16(9-7-15)23-14(2)3/h6-9,14,17,20H,5,10-13H2,1-4H3. The summed E-state index contributed by atoms with van der Waals surface area (Å²) in [5, 5.41) is 10.2. The Labute approximate surface area is 139 Å². The summed E-state index contributed by atoms with van der Waals surface area (Å²) in [4.78, 5) is 13.3. The van der Waals surface area contributed by atoms with E-state index in [2.05, 4.69) is 0 Å². The van der Waals surface area contributed by atoms with E-state index >= 15 is 0 Å². The molecule has 0 saturated heterocycles. The average molecular weight is 323 g/mol. The molecule has 23 heavy (non-hydrogen) atoms. The third kappa shape index (κ3) is 8.00. The molecule has 5 heteroatoms. The second-order valence-corrected chi connectivity index (χ2v) is 5.90. The number of aliphatic hydroxyl groups excluding tert-OH is 1. The van der Waals surface area contributed by atoms with Gasteiger partial charge in [0.25, 0.3) is 0 Å². The molecule has 0 heterocycles. The topological polar surface area (TPSA) is 59.0 Å². The molecule has 0 fully saturated rings. The lowest BCUT2D eigenvalue weighted by atomic mass is 10.1. The Hall–Kier alpha value is -1.59. The van der Waals surface area contributed by atoms with Gasteiger partial charge in [-0.25, -0.2) is 0 Å². The maximum Gasteiger partial charge on any atom is 0.307 e. The van der Waals surface area contributed by atoms with E-state index in [0.29, 0.717) is 32.5 Å². The fraction of sp³-hybridized carbons (Fsp3) is 0.611. The minimum absolute atomic E-state index is 0.138. The number of nitrogens with zero attached hydrogens (tertiary/aromatic N) is 1. The van der Waals surface area contributed by atoms with Crippen LogP contribution in [-0.2, 0) is 9.53 Å².